The number of benzene rings is 2. The van der Waals surface area contributed by atoms with Crippen LogP contribution in [-0.4, -0.2) is 62.7 Å². The Hall–Kier alpha value is -4.09. The van der Waals surface area contributed by atoms with Crippen LogP contribution in [0.3, 0.4) is 0 Å². The van der Waals surface area contributed by atoms with Crippen molar-refractivity contribution < 1.29 is 33.4 Å². The summed E-state index contributed by atoms with van der Waals surface area (Å²) in [5, 5.41) is 22.4. The third kappa shape index (κ3) is 8.01. The molecule has 3 atom stereocenters. The Morgan fingerprint density at radius 1 is 1.07 bits per heavy atom. The average molecular weight is 585 g/mol. The van der Waals surface area contributed by atoms with Gasteiger partial charge in [0.1, 0.15) is 24.3 Å². The minimum atomic E-state index is -1.23. The van der Waals surface area contributed by atoms with Crippen LogP contribution in [0, 0.1) is 17.0 Å². The Bertz CT molecular complexity index is 1400. The number of amides is 2. The van der Waals surface area contributed by atoms with Gasteiger partial charge in [-0.3, -0.25) is 19.7 Å². The van der Waals surface area contributed by atoms with Crippen LogP contribution in [0.5, 0.6) is 0 Å². The van der Waals surface area contributed by atoms with Crippen molar-refractivity contribution >= 4 is 17.8 Å². The van der Waals surface area contributed by atoms with E-state index in [0.29, 0.717) is 17.8 Å². The minimum absolute atomic E-state index is 0.0475. The number of nitrogens with zero attached hydrogens (tertiary/aromatic N) is 2. The molecule has 2 aromatic carbocycles. The molecule has 0 bridgehead atoms. The zero-order valence-electron chi connectivity index (χ0n) is 24.2. The summed E-state index contributed by atoms with van der Waals surface area (Å²) < 4.78 is 30.9. The van der Waals surface area contributed by atoms with E-state index in [1.54, 1.807) is 12.3 Å². The van der Waals surface area contributed by atoms with Gasteiger partial charge in [-0.05, 0) is 48.6 Å². The molecular formula is C31H38F2N4O5. The predicted octanol–water partition coefficient (Wildman–Crippen LogP) is 3.70. The number of aromatic nitrogens is 1. The van der Waals surface area contributed by atoms with E-state index in [0.717, 1.165) is 23.8 Å². The Morgan fingerprint density at radius 2 is 1.74 bits per heavy atom. The van der Waals surface area contributed by atoms with Gasteiger partial charge in [0.05, 0.1) is 12.1 Å². The molecule has 0 unspecified atom stereocenters. The highest BCUT2D eigenvalue weighted by Gasteiger charge is 2.38. The summed E-state index contributed by atoms with van der Waals surface area (Å²) in [6, 6.07) is 11.5. The molecule has 0 aliphatic heterocycles. The van der Waals surface area contributed by atoms with E-state index in [1.165, 1.54) is 11.8 Å². The summed E-state index contributed by atoms with van der Waals surface area (Å²) >= 11 is 0. The molecule has 0 saturated carbocycles. The second-order valence-corrected chi connectivity index (χ2v) is 11.4. The van der Waals surface area contributed by atoms with Crippen molar-refractivity contribution in [3.63, 3.8) is 0 Å². The maximum absolute atomic E-state index is 14.9. The van der Waals surface area contributed by atoms with Crippen LogP contribution in [0.1, 0.15) is 51.4 Å². The first-order valence-electron chi connectivity index (χ1n) is 13.6. The summed E-state index contributed by atoms with van der Waals surface area (Å²) in [5.41, 5.74) is 6.57. The molecule has 226 valence electrons. The molecule has 3 rings (SSSR count). The lowest BCUT2D eigenvalue weighted by Crippen LogP contribution is -2.50. The van der Waals surface area contributed by atoms with E-state index in [9.17, 15) is 33.4 Å². The molecule has 0 spiro atoms. The lowest BCUT2D eigenvalue weighted by molar-refractivity contribution is -0.143. The lowest BCUT2D eigenvalue weighted by Gasteiger charge is -2.41. The van der Waals surface area contributed by atoms with Gasteiger partial charge in [-0.15, -0.1) is 0 Å². The van der Waals surface area contributed by atoms with E-state index < -0.39 is 59.6 Å². The Labute approximate surface area is 243 Å². The van der Waals surface area contributed by atoms with Crippen molar-refractivity contribution in [2.45, 2.75) is 58.8 Å². The number of carboxylic acids is 1. The van der Waals surface area contributed by atoms with E-state index in [1.807, 2.05) is 55.7 Å². The van der Waals surface area contributed by atoms with Crippen molar-refractivity contribution in [3.8, 4) is 11.1 Å². The Morgan fingerprint density at radius 3 is 2.31 bits per heavy atom. The van der Waals surface area contributed by atoms with Gasteiger partial charge in [0.25, 0.3) is 0 Å². The summed E-state index contributed by atoms with van der Waals surface area (Å²) in [4.78, 5) is 38.2. The van der Waals surface area contributed by atoms with E-state index in [2.05, 4.69) is 5.32 Å². The van der Waals surface area contributed by atoms with Gasteiger partial charge in [-0.25, -0.2) is 8.78 Å². The normalized spacial score (nSPS) is 13.8. The standard InChI is InChI=1S/C31H38F2N4O5/c1-19(29(34)40)35-25(30(41)42)12-13-37(27(39)18-38)28(31(2,3)4)26-14-21(23-15-22(32)10-11-24(23)33)17-36(26)16-20-8-6-5-7-9-20/h5-11,14-15,17,19,25,28,35,38H,12-13,16,18H2,1-4H3,(H2,34,40)(H,41,42)/t19-,25-,28-/m0/s1. The van der Waals surface area contributed by atoms with Crippen LogP contribution in [0.4, 0.5) is 8.78 Å². The Kier molecular flexibility index (Phi) is 10.6. The summed E-state index contributed by atoms with van der Waals surface area (Å²) in [6.45, 7) is 6.52. The van der Waals surface area contributed by atoms with Crippen LogP contribution in [-0.2, 0) is 20.9 Å². The maximum Gasteiger partial charge on any atom is 0.320 e. The number of carbonyl (C=O) groups excluding carboxylic acids is 2. The van der Waals surface area contributed by atoms with Crippen LogP contribution < -0.4 is 11.1 Å². The van der Waals surface area contributed by atoms with Gasteiger partial charge in [0, 0.05) is 36.1 Å². The van der Waals surface area contributed by atoms with Crippen molar-refractivity contribution in [2.24, 2.45) is 11.1 Å². The number of nitrogens with one attached hydrogen (secondary N) is 1. The molecule has 9 nitrogen and oxygen atoms in total. The topological polar surface area (TPSA) is 138 Å². The first-order chi connectivity index (χ1) is 19.7. The first kappa shape index (κ1) is 32.4. The second kappa shape index (κ2) is 13.7. The summed E-state index contributed by atoms with van der Waals surface area (Å²) in [7, 11) is 0. The molecular weight excluding hydrogens is 546 g/mol. The third-order valence-corrected chi connectivity index (χ3v) is 7.07. The maximum atomic E-state index is 14.9. The van der Waals surface area contributed by atoms with E-state index in [4.69, 9.17) is 5.73 Å². The van der Waals surface area contributed by atoms with Crippen molar-refractivity contribution in [1.29, 1.82) is 0 Å². The van der Waals surface area contributed by atoms with Crippen LogP contribution in [0.2, 0.25) is 0 Å². The zero-order valence-corrected chi connectivity index (χ0v) is 24.2. The average Bonchev–Trinajstić information content (AvgIpc) is 3.32. The molecule has 42 heavy (non-hydrogen) atoms. The lowest BCUT2D eigenvalue weighted by atomic mass is 9.82. The highest BCUT2D eigenvalue weighted by molar-refractivity contribution is 5.81. The van der Waals surface area contributed by atoms with Crippen LogP contribution >= 0.6 is 0 Å². The molecule has 0 radical (unpaired) electrons. The molecule has 1 heterocycles. The molecule has 0 aliphatic rings. The minimum Gasteiger partial charge on any atom is -0.480 e. The summed E-state index contributed by atoms with van der Waals surface area (Å²) in [6.07, 6.45) is 1.59. The number of halogens is 2. The number of aliphatic carboxylic acids is 1. The van der Waals surface area contributed by atoms with Gasteiger partial charge in [0.2, 0.25) is 11.8 Å². The van der Waals surface area contributed by atoms with Gasteiger partial charge >= 0.3 is 5.97 Å². The number of aliphatic hydroxyl groups excluding tert-OH is 1. The van der Waals surface area contributed by atoms with E-state index in [-0.39, 0.29) is 18.5 Å². The third-order valence-electron chi connectivity index (χ3n) is 7.07. The highest BCUT2D eigenvalue weighted by atomic mass is 19.1. The Balaban J connectivity index is 2.14. The van der Waals surface area contributed by atoms with Crippen LogP contribution in [0.15, 0.2) is 60.8 Å². The number of aliphatic hydroxyl groups is 1. The number of carboxylic acid groups (broad SMARTS) is 1. The van der Waals surface area contributed by atoms with Crippen LogP contribution in [0.25, 0.3) is 11.1 Å². The molecule has 2 amide bonds. The predicted molar refractivity (Wildman–Crippen MR) is 154 cm³/mol. The van der Waals surface area contributed by atoms with E-state index >= 15 is 0 Å². The number of hydrogen-bond donors (Lipinski definition) is 4. The smallest absolute Gasteiger partial charge is 0.320 e. The number of carbonyl (C=O) groups is 3. The fourth-order valence-corrected chi connectivity index (χ4v) is 5.03. The van der Waals surface area contributed by atoms with Gasteiger partial charge < -0.3 is 25.4 Å². The molecule has 1 aromatic heterocycles. The number of hydrogen-bond acceptors (Lipinski definition) is 5. The zero-order chi connectivity index (χ0) is 31.2. The molecule has 11 heteroatoms. The fraction of sp³-hybridized carbons (Fsp3) is 0.387. The van der Waals surface area contributed by atoms with Crippen molar-refractivity contribution in [2.75, 3.05) is 13.2 Å². The highest BCUT2D eigenvalue weighted by Crippen LogP contribution is 2.41. The molecule has 3 aromatic rings. The van der Waals surface area contributed by atoms with Crippen molar-refractivity contribution in [1.82, 2.24) is 14.8 Å². The number of primary amides is 1. The quantitative estimate of drug-likeness (QED) is 0.242. The monoisotopic (exact) mass is 584 g/mol. The fourth-order valence-electron chi connectivity index (χ4n) is 5.03. The summed E-state index contributed by atoms with van der Waals surface area (Å²) in [5.74, 6) is -3.83. The molecule has 0 fully saturated rings. The molecule has 0 aliphatic carbocycles. The van der Waals surface area contributed by atoms with Gasteiger partial charge in [0.15, 0.2) is 0 Å². The molecule has 5 N–H and O–H groups in total. The van der Waals surface area contributed by atoms with Gasteiger partial charge in [-0.1, -0.05) is 51.1 Å². The second-order valence-electron chi connectivity index (χ2n) is 11.4. The van der Waals surface area contributed by atoms with Crippen molar-refractivity contribution in [3.05, 3.63) is 83.7 Å². The first-order valence-corrected chi connectivity index (χ1v) is 13.6. The number of nitrogens with two attached hydrogens (primary N) is 1. The SMILES string of the molecule is C[C@H](N[C@@H](CCN(C(=O)CO)[C@@H](c1cc(-c2cc(F)ccc2F)cn1Cc1ccccc1)C(C)(C)C)C(=O)O)C(N)=O. The molecule has 0 saturated heterocycles. The number of rotatable bonds is 13. The van der Waals surface area contributed by atoms with Gasteiger partial charge in [-0.2, -0.15) is 0 Å². The largest absolute Gasteiger partial charge is 0.480 e.